The van der Waals surface area contributed by atoms with E-state index in [1.165, 1.54) is 31.7 Å². The molecule has 2 nitrogen and oxygen atoms in total. The second kappa shape index (κ2) is 5.44. The van der Waals surface area contributed by atoms with Gasteiger partial charge in [0.15, 0.2) is 0 Å². The summed E-state index contributed by atoms with van der Waals surface area (Å²) in [5, 5.41) is 0. The fourth-order valence-electron chi connectivity index (χ4n) is 2.81. The molecule has 0 atom stereocenters. The molecule has 104 valence electrons. The molecule has 1 N–H and O–H groups in total. The molecule has 0 spiro atoms. The van der Waals surface area contributed by atoms with E-state index in [4.69, 9.17) is 12.2 Å². The third-order valence-corrected chi connectivity index (χ3v) is 4.21. The highest BCUT2D eigenvalue weighted by molar-refractivity contribution is 7.71. The number of H-pyrrole nitrogens is 1. The second-order valence-electron chi connectivity index (χ2n) is 5.47. The van der Waals surface area contributed by atoms with Crippen LogP contribution in [0.25, 0.3) is 11.4 Å². The van der Waals surface area contributed by atoms with Crippen LogP contribution in [0.3, 0.4) is 0 Å². The Morgan fingerprint density at radius 2 is 2.00 bits per heavy atom. The highest BCUT2D eigenvalue weighted by Gasteiger charge is 2.18. The molecule has 1 aromatic heterocycles. The summed E-state index contributed by atoms with van der Waals surface area (Å²) in [6.07, 6.45) is 4.91. The minimum Gasteiger partial charge on any atom is -0.343 e. The van der Waals surface area contributed by atoms with Crippen molar-refractivity contribution in [1.29, 1.82) is 0 Å². The number of halogens is 1. The molecule has 1 aliphatic carbocycles. The summed E-state index contributed by atoms with van der Waals surface area (Å²) in [4.78, 5) is 7.68. The molecule has 0 radical (unpaired) electrons. The van der Waals surface area contributed by atoms with Crippen LogP contribution in [0.15, 0.2) is 24.3 Å². The Hall–Kier alpha value is -1.55. The summed E-state index contributed by atoms with van der Waals surface area (Å²) in [7, 11) is 0. The number of benzene rings is 1. The van der Waals surface area contributed by atoms with Crippen molar-refractivity contribution in [2.45, 2.75) is 38.5 Å². The molecule has 0 saturated heterocycles. The Morgan fingerprint density at radius 1 is 1.25 bits per heavy atom. The molecule has 20 heavy (non-hydrogen) atoms. The summed E-state index contributed by atoms with van der Waals surface area (Å²) >= 11 is 5.26. The van der Waals surface area contributed by atoms with Crippen molar-refractivity contribution in [3.8, 4) is 11.4 Å². The van der Waals surface area contributed by atoms with Crippen molar-refractivity contribution in [1.82, 2.24) is 9.97 Å². The minimum atomic E-state index is -0.213. The van der Waals surface area contributed by atoms with E-state index in [0.717, 1.165) is 11.3 Å². The van der Waals surface area contributed by atoms with Crippen molar-refractivity contribution in [3.05, 3.63) is 46.0 Å². The van der Waals surface area contributed by atoms with Crippen LogP contribution in [0, 0.1) is 17.4 Å². The third kappa shape index (κ3) is 2.66. The van der Waals surface area contributed by atoms with Gasteiger partial charge in [0.25, 0.3) is 0 Å². The van der Waals surface area contributed by atoms with Crippen LogP contribution in [0.4, 0.5) is 4.39 Å². The Bertz CT molecular complexity index is 687. The zero-order chi connectivity index (χ0) is 14.1. The van der Waals surface area contributed by atoms with Crippen LogP contribution in [0.5, 0.6) is 0 Å². The van der Waals surface area contributed by atoms with Gasteiger partial charge in [-0.2, -0.15) is 0 Å². The first-order valence-electron chi connectivity index (χ1n) is 7.01. The predicted octanol–water partition coefficient (Wildman–Crippen LogP) is 4.91. The number of aryl methyl sites for hydroxylation is 1. The monoisotopic (exact) mass is 288 g/mol. The summed E-state index contributed by atoms with van der Waals surface area (Å²) in [6, 6.07) is 7.11. The quantitative estimate of drug-likeness (QED) is 0.795. The molecule has 0 bridgehead atoms. The topological polar surface area (TPSA) is 28.7 Å². The molecule has 1 fully saturated rings. The van der Waals surface area contributed by atoms with E-state index in [9.17, 15) is 4.39 Å². The maximum atomic E-state index is 13.7. The van der Waals surface area contributed by atoms with E-state index in [1.54, 1.807) is 13.0 Å². The third-order valence-electron chi connectivity index (χ3n) is 4.00. The van der Waals surface area contributed by atoms with Gasteiger partial charge in [0, 0.05) is 11.3 Å². The zero-order valence-electron chi connectivity index (χ0n) is 11.4. The molecule has 3 rings (SSSR count). The Balaban J connectivity index is 2.04. The fourth-order valence-corrected chi connectivity index (χ4v) is 3.03. The van der Waals surface area contributed by atoms with Crippen LogP contribution >= 0.6 is 12.2 Å². The lowest BCUT2D eigenvalue weighted by Gasteiger charge is -2.12. The van der Waals surface area contributed by atoms with Gasteiger partial charge in [-0.1, -0.05) is 37.2 Å². The molecule has 1 aromatic carbocycles. The Labute approximate surface area is 123 Å². The molecular weight excluding hydrogens is 271 g/mol. The second-order valence-corrected chi connectivity index (χ2v) is 5.89. The van der Waals surface area contributed by atoms with Crippen LogP contribution in [0.2, 0.25) is 0 Å². The van der Waals surface area contributed by atoms with Crippen LogP contribution < -0.4 is 0 Å². The SMILES string of the molecule is Cc1ccc(-c2nc(=S)cc(C3CCCC3)[nH]2)cc1F. The average Bonchev–Trinajstić information content (AvgIpc) is 2.95. The number of hydrogen-bond donors (Lipinski definition) is 1. The molecule has 1 saturated carbocycles. The predicted molar refractivity (Wildman–Crippen MR) is 80.8 cm³/mol. The molecule has 0 amide bonds. The maximum absolute atomic E-state index is 13.7. The summed E-state index contributed by atoms with van der Waals surface area (Å²) < 4.78 is 14.3. The number of aromatic nitrogens is 2. The van der Waals surface area contributed by atoms with E-state index in [0.29, 0.717) is 21.9 Å². The molecule has 2 aromatic rings. The molecule has 0 unspecified atom stereocenters. The first kappa shape index (κ1) is 13.4. The highest BCUT2D eigenvalue weighted by Crippen LogP contribution is 2.33. The van der Waals surface area contributed by atoms with Crippen molar-refractivity contribution >= 4 is 12.2 Å². The molecule has 4 heteroatoms. The summed E-state index contributed by atoms with van der Waals surface area (Å²) in [6.45, 7) is 1.75. The number of rotatable bonds is 2. The van der Waals surface area contributed by atoms with E-state index in [1.807, 2.05) is 12.1 Å². The van der Waals surface area contributed by atoms with E-state index < -0.39 is 0 Å². The number of nitrogens with zero attached hydrogens (tertiary/aromatic N) is 1. The average molecular weight is 288 g/mol. The first-order valence-corrected chi connectivity index (χ1v) is 7.42. The van der Waals surface area contributed by atoms with Gasteiger partial charge in [0.2, 0.25) is 0 Å². The van der Waals surface area contributed by atoms with Crippen molar-refractivity contribution in [2.75, 3.05) is 0 Å². The Morgan fingerprint density at radius 3 is 2.70 bits per heavy atom. The smallest absolute Gasteiger partial charge is 0.139 e. The van der Waals surface area contributed by atoms with Gasteiger partial charge >= 0.3 is 0 Å². The van der Waals surface area contributed by atoms with Crippen LogP contribution in [-0.2, 0) is 0 Å². The molecular formula is C16H17FN2S. The highest BCUT2D eigenvalue weighted by atomic mass is 32.1. The van der Waals surface area contributed by atoms with Gasteiger partial charge in [0.1, 0.15) is 16.3 Å². The largest absolute Gasteiger partial charge is 0.343 e. The number of aromatic amines is 1. The number of nitrogens with one attached hydrogen (secondary N) is 1. The lowest BCUT2D eigenvalue weighted by molar-refractivity contribution is 0.619. The lowest BCUT2D eigenvalue weighted by Crippen LogP contribution is -2.00. The van der Waals surface area contributed by atoms with Crippen LogP contribution in [-0.4, -0.2) is 9.97 Å². The zero-order valence-corrected chi connectivity index (χ0v) is 12.3. The fraction of sp³-hybridized carbons (Fsp3) is 0.375. The van der Waals surface area contributed by atoms with E-state index in [2.05, 4.69) is 9.97 Å². The normalized spacial score (nSPS) is 15.7. The first-order chi connectivity index (χ1) is 9.63. The van der Waals surface area contributed by atoms with Gasteiger partial charge in [-0.25, -0.2) is 9.37 Å². The van der Waals surface area contributed by atoms with Crippen molar-refractivity contribution < 1.29 is 4.39 Å². The molecule has 1 heterocycles. The van der Waals surface area contributed by atoms with Crippen LogP contribution in [0.1, 0.15) is 42.9 Å². The molecule has 1 aliphatic rings. The van der Waals surface area contributed by atoms with Crippen molar-refractivity contribution in [2.24, 2.45) is 0 Å². The standard InChI is InChI=1S/C16H17FN2S/c1-10-6-7-12(8-13(10)17)16-18-14(9-15(20)19-16)11-4-2-3-5-11/h6-9,11H,2-5H2,1H3,(H,18,19,20). The molecule has 0 aliphatic heterocycles. The van der Waals surface area contributed by atoms with Gasteiger partial charge < -0.3 is 4.98 Å². The van der Waals surface area contributed by atoms with Crippen molar-refractivity contribution in [3.63, 3.8) is 0 Å². The van der Waals surface area contributed by atoms with Gasteiger partial charge in [-0.15, -0.1) is 0 Å². The maximum Gasteiger partial charge on any atom is 0.139 e. The lowest BCUT2D eigenvalue weighted by atomic mass is 10.0. The van der Waals surface area contributed by atoms with Gasteiger partial charge in [0.05, 0.1) is 0 Å². The number of hydrogen-bond acceptors (Lipinski definition) is 2. The minimum absolute atomic E-state index is 0.213. The summed E-state index contributed by atoms with van der Waals surface area (Å²) in [5.74, 6) is 0.988. The summed E-state index contributed by atoms with van der Waals surface area (Å²) in [5.41, 5.74) is 2.52. The van der Waals surface area contributed by atoms with E-state index in [-0.39, 0.29) is 5.82 Å². The van der Waals surface area contributed by atoms with Gasteiger partial charge in [-0.3, -0.25) is 0 Å². The van der Waals surface area contributed by atoms with Gasteiger partial charge in [-0.05, 0) is 43.4 Å². The Kier molecular flexibility index (Phi) is 3.66. The van der Waals surface area contributed by atoms with E-state index >= 15 is 0 Å².